The van der Waals surface area contributed by atoms with E-state index >= 15 is 0 Å². The van der Waals surface area contributed by atoms with Gasteiger partial charge in [-0.25, -0.2) is 0 Å². The second-order valence-corrected chi connectivity index (χ2v) is 7.64. The predicted molar refractivity (Wildman–Crippen MR) is 72.6 cm³/mol. The lowest BCUT2D eigenvalue weighted by molar-refractivity contribution is 0.265. The number of nitrogens with zero attached hydrogens (tertiary/aromatic N) is 1. The maximum Gasteiger partial charge on any atom is 0.323 e. The van der Waals surface area contributed by atoms with Gasteiger partial charge in [-0.3, -0.25) is 4.99 Å². The van der Waals surface area contributed by atoms with E-state index in [2.05, 4.69) is 32.7 Å². The fourth-order valence-corrected chi connectivity index (χ4v) is 3.35. The van der Waals surface area contributed by atoms with Gasteiger partial charge in [0, 0.05) is 26.5 Å². The maximum absolute atomic E-state index is 5.35. The van der Waals surface area contributed by atoms with Crippen LogP contribution >= 0.6 is 0 Å². The molecule has 0 saturated carbocycles. The minimum atomic E-state index is -1.45. The number of hydrogen-bond acceptors (Lipinski definition) is 3. The third-order valence-electron chi connectivity index (χ3n) is 2.60. The zero-order chi connectivity index (χ0) is 12.6. The first-order valence-corrected chi connectivity index (χ1v) is 7.67. The molecule has 0 aliphatic rings. The summed E-state index contributed by atoms with van der Waals surface area (Å²) in [6, 6.07) is 0. The van der Waals surface area contributed by atoms with E-state index in [1.54, 1.807) is 14.2 Å². The van der Waals surface area contributed by atoms with Crippen molar-refractivity contribution < 1.29 is 8.85 Å². The van der Waals surface area contributed by atoms with E-state index in [-0.39, 0.29) is 0 Å². The van der Waals surface area contributed by atoms with E-state index in [0.717, 1.165) is 19.4 Å². The van der Waals surface area contributed by atoms with Crippen molar-refractivity contribution in [2.45, 2.75) is 46.1 Å². The molecule has 0 amide bonds. The molecule has 3 nitrogen and oxygen atoms in total. The second-order valence-electron chi connectivity index (χ2n) is 4.82. The molecular formula is C12H27NO2Si. The molecule has 0 heterocycles. The van der Waals surface area contributed by atoms with E-state index in [1.807, 2.05) is 0 Å². The highest BCUT2D eigenvalue weighted by molar-refractivity contribution is 6.46. The average Bonchev–Trinajstić information content (AvgIpc) is 2.18. The molecule has 0 aliphatic carbocycles. The topological polar surface area (TPSA) is 30.8 Å². The van der Waals surface area contributed by atoms with Crippen LogP contribution < -0.4 is 0 Å². The summed E-state index contributed by atoms with van der Waals surface area (Å²) in [5, 5.41) is 0. The molecule has 0 aromatic heterocycles. The van der Waals surface area contributed by atoms with E-state index in [1.165, 1.54) is 5.71 Å². The molecule has 0 rings (SSSR count). The second kappa shape index (κ2) is 8.90. The van der Waals surface area contributed by atoms with Gasteiger partial charge in [0.1, 0.15) is 0 Å². The summed E-state index contributed by atoms with van der Waals surface area (Å²) < 4.78 is 10.7. The Kier molecular flexibility index (Phi) is 8.79. The zero-order valence-corrected chi connectivity index (χ0v) is 12.8. The first-order valence-electron chi connectivity index (χ1n) is 6.06. The minimum Gasteiger partial charge on any atom is -0.400 e. The van der Waals surface area contributed by atoms with Gasteiger partial charge in [0.05, 0.1) is 0 Å². The van der Waals surface area contributed by atoms with Gasteiger partial charge in [0.2, 0.25) is 0 Å². The first kappa shape index (κ1) is 15.8. The molecule has 0 radical (unpaired) electrons. The summed E-state index contributed by atoms with van der Waals surface area (Å²) >= 11 is 0. The van der Waals surface area contributed by atoms with Gasteiger partial charge in [-0.1, -0.05) is 20.8 Å². The molecule has 0 N–H and O–H groups in total. The molecule has 0 aliphatic heterocycles. The fourth-order valence-electron chi connectivity index (χ4n) is 1.81. The van der Waals surface area contributed by atoms with Crippen LogP contribution in [-0.4, -0.2) is 35.8 Å². The molecule has 96 valence electrons. The third-order valence-corrected chi connectivity index (χ3v) is 4.79. The molecule has 1 atom stereocenters. The van der Waals surface area contributed by atoms with E-state index in [4.69, 9.17) is 8.85 Å². The monoisotopic (exact) mass is 245 g/mol. The SMILES string of the molecule is CO[SiH](OC)C(C)CCN=C(C)CC(C)C. The van der Waals surface area contributed by atoms with Crippen molar-refractivity contribution in [3.05, 3.63) is 0 Å². The average molecular weight is 245 g/mol. The normalized spacial score (nSPS) is 14.9. The van der Waals surface area contributed by atoms with Crippen LogP contribution in [-0.2, 0) is 8.85 Å². The Morgan fingerprint density at radius 3 is 2.19 bits per heavy atom. The molecule has 4 heteroatoms. The fraction of sp³-hybridized carbons (Fsp3) is 0.917. The summed E-state index contributed by atoms with van der Waals surface area (Å²) in [5.41, 5.74) is 1.78. The van der Waals surface area contributed by atoms with Crippen LogP contribution in [0.15, 0.2) is 4.99 Å². The van der Waals surface area contributed by atoms with Crippen molar-refractivity contribution >= 4 is 15.0 Å². The van der Waals surface area contributed by atoms with Crippen LogP contribution in [0.1, 0.15) is 40.5 Å². The van der Waals surface area contributed by atoms with Crippen LogP contribution in [0.2, 0.25) is 5.54 Å². The summed E-state index contributed by atoms with van der Waals surface area (Å²) in [6.45, 7) is 9.65. The van der Waals surface area contributed by atoms with Crippen LogP contribution in [0.5, 0.6) is 0 Å². The standard InChI is InChI=1S/C12H27NO2Si/c1-10(2)9-11(3)13-8-7-12(4)16(14-5)15-6/h10,12,16H,7-9H2,1-6H3. The van der Waals surface area contributed by atoms with Gasteiger partial charge in [0.15, 0.2) is 0 Å². The summed E-state index contributed by atoms with van der Waals surface area (Å²) in [5.74, 6) is 0.696. The molecule has 1 unspecified atom stereocenters. The highest BCUT2D eigenvalue weighted by Crippen LogP contribution is 2.15. The zero-order valence-electron chi connectivity index (χ0n) is 11.6. The lowest BCUT2D eigenvalue weighted by Gasteiger charge is -2.17. The van der Waals surface area contributed by atoms with Gasteiger partial charge >= 0.3 is 9.28 Å². The Morgan fingerprint density at radius 1 is 1.19 bits per heavy atom. The van der Waals surface area contributed by atoms with Gasteiger partial charge in [0.25, 0.3) is 0 Å². The lowest BCUT2D eigenvalue weighted by Crippen LogP contribution is -2.25. The van der Waals surface area contributed by atoms with Crippen molar-refractivity contribution in [1.82, 2.24) is 0 Å². The smallest absolute Gasteiger partial charge is 0.323 e. The molecule has 0 fully saturated rings. The molecule has 0 saturated heterocycles. The van der Waals surface area contributed by atoms with Crippen molar-refractivity contribution in [2.75, 3.05) is 20.8 Å². The van der Waals surface area contributed by atoms with E-state index < -0.39 is 9.28 Å². The first-order chi connectivity index (χ1) is 7.51. The summed E-state index contributed by atoms with van der Waals surface area (Å²) in [7, 11) is 2.03. The van der Waals surface area contributed by atoms with Gasteiger partial charge < -0.3 is 8.85 Å². The highest BCUT2D eigenvalue weighted by Gasteiger charge is 2.18. The Hall–Kier alpha value is -0.193. The molecule has 0 spiro atoms. The van der Waals surface area contributed by atoms with Crippen LogP contribution in [0.4, 0.5) is 0 Å². The molecular weight excluding hydrogens is 218 g/mol. The summed E-state index contributed by atoms with van der Waals surface area (Å²) in [6.07, 6.45) is 2.16. The lowest BCUT2D eigenvalue weighted by atomic mass is 10.1. The number of rotatable bonds is 8. The van der Waals surface area contributed by atoms with Crippen LogP contribution in [0, 0.1) is 5.92 Å². The van der Waals surface area contributed by atoms with Crippen molar-refractivity contribution in [3.8, 4) is 0 Å². The minimum absolute atomic E-state index is 0.519. The Bertz CT molecular complexity index is 203. The Balaban J connectivity index is 3.87. The van der Waals surface area contributed by atoms with Gasteiger partial charge in [-0.05, 0) is 31.2 Å². The largest absolute Gasteiger partial charge is 0.400 e. The maximum atomic E-state index is 5.35. The van der Waals surface area contributed by atoms with E-state index in [0.29, 0.717) is 11.5 Å². The quantitative estimate of drug-likeness (QED) is 0.486. The van der Waals surface area contributed by atoms with Crippen molar-refractivity contribution in [1.29, 1.82) is 0 Å². The summed E-state index contributed by atoms with van der Waals surface area (Å²) in [4.78, 5) is 4.58. The van der Waals surface area contributed by atoms with Gasteiger partial charge in [-0.2, -0.15) is 0 Å². The molecule has 0 aromatic carbocycles. The third kappa shape index (κ3) is 7.14. The number of aliphatic imine (C=N–C) groups is 1. The molecule has 0 bridgehead atoms. The highest BCUT2D eigenvalue weighted by atomic mass is 28.3. The predicted octanol–water partition coefficient (Wildman–Crippen LogP) is 2.79. The van der Waals surface area contributed by atoms with Crippen molar-refractivity contribution in [2.24, 2.45) is 10.9 Å². The Labute approximate surface area is 102 Å². The Morgan fingerprint density at radius 2 is 1.75 bits per heavy atom. The molecule has 16 heavy (non-hydrogen) atoms. The van der Waals surface area contributed by atoms with E-state index in [9.17, 15) is 0 Å². The number of hydrogen-bond donors (Lipinski definition) is 0. The van der Waals surface area contributed by atoms with Crippen LogP contribution in [0.3, 0.4) is 0 Å². The molecule has 0 aromatic rings. The van der Waals surface area contributed by atoms with Crippen LogP contribution in [0.25, 0.3) is 0 Å². The van der Waals surface area contributed by atoms with Gasteiger partial charge in [-0.15, -0.1) is 0 Å². The van der Waals surface area contributed by atoms with Crippen molar-refractivity contribution in [3.63, 3.8) is 0 Å².